The van der Waals surface area contributed by atoms with E-state index in [-0.39, 0.29) is 28.4 Å². The number of hydrogen-bond acceptors (Lipinski definition) is 6. The molecule has 0 radical (unpaired) electrons. The fraction of sp³-hybridized carbons (Fsp3) is 0.188. The number of aromatic amines is 1. The first-order valence-corrected chi connectivity index (χ1v) is 8.72. The topological polar surface area (TPSA) is 101 Å². The van der Waals surface area contributed by atoms with E-state index < -0.39 is 0 Å². The number of hydrogen-bond donors (Lipinski definition) is 2. The molecule has 3 aromatic rings. The van der Waals surface area contributed by atoms with Crippen molar-refractivity contribution in [1.29, 1.82) is 0 Å². The third-order valence-electron chi connectivity index (χ3n) is 3.40. The quantitative estimate of drug-likeness (QED) is 0.537. The lowest BCUT2D eigenvalue weighted by Crippen LogP contribution is -2.16. The molecule has 0 spiro atoms. The normalized spacial score (nSPS) is 10.8. The van der Waals surface area contributed by atoms with Gasteiger partial charge in [0.15, 0.2) is 16.3 Å². The lowest BCUT2D eigenvalue weighted by Gasteiger charge is -2.06. The summed E-state index contributed by atoms with van der Waals surface area (Å²) < 4.78 is 0. The highest BCUT2D eigenvalue weighted by atomic mass is 35.5. The Morgan fingerprint density at radius 3 is 2.56 bits per heavy atom. The summed E-state index contributed by atoms with van der Waals surface area (Å²) in [6.45, 7) is 3.59. The monoisotopic (exact) mass is 375 g/mol. The molecule has 0 atom stereocenters. The Morgan fingerprint density at radius 1 is 1.16 bits per heavy atom. The Morgan fingerprint density at radius 2 is 1.84 bits per heavy atom. The number of nitrogens with one attached hydrogen (secondary N) is 2. The van der Waals surface area contributed by atoms with E-state index in [1.54, 1.807) is 38.1 Å². The molecule has 3 rings (SSSR count). The SMILES string of the molecule is Cc1nc2nc(SCC(=O)Nc3ccc(Cl)cc3)[nH]c(=O)c2nc1C. The van der Waals surface area contributed by atoms with Crippen LogP contribution < -0.4 is 10.9 Å². The van der Waals surface area contributed by atoms with Crippen molar-refractivity contribution in [3.8, 4) is 0 Å². The highest BCUT2D eigenvalue weighted by Crippen LogP contribution is 2.16. The number of nitrogens with zero attached hydrogens (tertiary/aromatic N) is 3. The molecule has 0 unspecified atom stereocenters. The molecule has 2 N–H and O–H groups in total. The van der Waals surface area contributed by atoms with E-state index in [0.717, 1.165) is 11.8 Å². The Labute approximate surface area is 152 Å². The van der Waals surface area contributed by atoms with Gasteiger partial charge in [-0.2, -0.15) is 0 Å². The molecule has 25 heavy (non-hydrogen) atoms. The number of anilines is 1. The smallest absolute Gasteiger partial charge is 0.279 e. The second-order valence-corrected chi connectivity index (χ2v) is 6.68. The summed E-state index contributed by atoms with van der Waals surface area (Å²) in [5, 5.41) is 3.66. The number of carbonyl (C=O) groups is 1. The molecule has 0 fully saturated rings. The van der Waals surface area contributed by atoms with Crippen LogP contribution >= 0.6 is 23.4 Å². The number of amides is 1. The summed E-state index contributed by atoms with van der Waals surface area (Å²) in [4.78, 5) is 39.5. The second-order valence-electron chi connectivity index (χ2n) is 5.28. The van der Waals surface area contributed by atoms with Crippen LogP contribution in [0.3, 0.4) is 0 Å². The number of aryl methyl sites for hydroxylation is 2. The third kappa shape index (κ3) is 4.15. The first kappa shape index (κ1) is 17.4. The van der Waals surface area contributed by atoms with Gasteiger partial charge in [-0.05, 0) is 38.1 Å². The Balaban J connectivity index is 1.72. The van der Waals surface area contributed by atoms with E-state index in [4.69, 9.17) is 11.6 Å². The molecular formula is C16H14ClN5O2S. The van der Waals surface area contributed by atoms with Gasteiger partial charge in [0.1, 0.15) is 0 Å². The fourth-order valence-electron chi connectivity index (χ4n) is 2.03. The number of rotatable bonds is 4. The predicted molar refractivity (Wildman–Crippen MR) is 98.2 cm³/mol. The van der Waals surface area contributed by atoms with Crippen LogP contribution in [-0.2, 0) is 4.79 Å². The lowest BCUT2D eigenvalue weighted by atomic mass is 10.3. The Bertz CT molecular complexity index is 1000. The van der Waals surface area contributed by atoms with Gasteiger partial charge in [0, 0.05) is 10.7 Å². The van der Waals surface area contributed by atoms with Gasteiger partial charge in [-0.25, -0.2) is 15.0 Å². The number of thioether (sulfide) groups is 1. The Hall–Kier alpha value is -2.45. The van der Waals surface area contributed by atoms with Gasteiger partial charge >= 0.3 is 0 Å². The molecule has 7 nitrogen and oxygen atoms in total. The van der Waals surface area contributed by atoms with E-state index in [9.17, 15) is 9.59 Å². The summed E-state index contributed by atoms with van der Waals surface area (Å²) in [7, 11) is 0. The zero-order valence-electron chi connectivity index (χ0n) is 13.5. The maximum atomic E-state index is 12.1. The van der Waals surface area contributed by atoms with Gasteiger partial charge in [-0.15, -0.1) is 0 Å². The van der Waals surface area contributed by atoms with Crippen LogP contribution in [0.1, 0.15) is 11.4 Å². The predicted octanol–water partition coefficient (Wildman–Crippen LogP) is 2.71. The molecule has 128 valence electrons. The van der Waals surface area contributed by atoms with Crippen LogP contribution in [0.5, 0.6) is 0 Å². The van der Waals surface area contributed by atoms with Crippen molar-refractivity contribution < 1.29 is 4.79 Å². The van der Waals surface area contributed by atoms with Crippen molar-refractivity contribution in [1.82, 2.24) is 19.9 Å². The molecule has 0 saturated carbocycles. The summed E-state index contributed by atoms with van der Waals surface area (Å²) in [5.41, 5.74) is 2.13. The maximum absolute atomic E-state index is 12.1. The number of H-pyrrole nitrogens is 1. The standard InChI is InChI=1S/C16H14ClN5O2S/c1-8-9(2)19-14-13(18-8)15(24)22-16(21-14)25-7-12(23)20-11-5-3-10(17)4-6-11/h3-6H,7H2,1-2H3,(H,20,23)(H,19,21,22,24). The van der Waals surface area contributed by atoms with Crippen molar-refractivity contribution in [3.63, 3.8) is 0 Å². The number of halogens is 1. The van der Waals surface area contributed by atoms with Gasteiger partial charge in [0.25, 0.3) is 5.56 Å². The van der Waals surface area contributed by atoms with E-state index >= 15 is 0 Å². The van der Waals surface area contributed by atoms with Crippen LogP contribution in [0.25, 0.3) is 11.2 Å². The molecule has 9 heteroatoms. The van der Waals surface area contributed by atoms with Crippen LogP contribution in [-0.4, -0.2) is 31.6 Å². The van der Waals surface area contributed by atoms with Crippen molar-refractivity contribution in [2.75, 3.05) is 11.1 Å². The molecule has 0 aliphatic carbocycles. The second kappa shape index (κ2) is 7.20. The molecule has 0 aliphatic rings. The molecule has 1 amide bonds. The zero-order chi connectivity index (χ0) is 18.0. The van der Waals surface area contributed by atoms with Crippen LogP contribution in [0, 0.1) is 13.8 Å². The van der Waals surface area contributed by atoms with Crippen molar-refractivity contribution in [2.45, 2.75) is 19.0 Å². The van der Waals surface area contributed by atoms with Gasteiger partial charge in [-0.3, -0.25) is 14.6 Å². The number of fused-ring (bicyclic) bond motifs is 1. The average Bonchev–Trinajstić information content (AvgIpc) is 2.57. The van der Waals surface area contributed by atoms with Gasteiger partial charge in [0.05, 0.1) is 17.1 Å². The highest BCUT2D eigenvalue weighted by Gasteiger charge is 2.11. The summed E-state index contributed by atoms with van der Waals surface area (Å²) in [5.74, 6) is -0.128. The van der Waals surface area contributed by atoms with E-state index in [1.165, 1.54) is 0 Å². The van der Waals surface area contributed by atoms with Gasteiger partial charge in [0.2, 0.25) is 5.91 Å². The van der Waals surface area contributed by atoms with E-state index in [2.05, 4.69) is 25.3 Å². The first-order chi connectivity index (χ1) is 11.9. The minimum atomic E-state index is -0.374. The number of benzene rings is 1. The summed E-state index contributed by atoms with van der Waals surface area (Å²) in [6.07, 6.45) is 0. The highest BCUT2D eigenvalue weighted by molar-refractivity contribution is 7.99. The minimum absolute atomic E-state index is 0.0926. The van der Waals surface area contributed by atoms with E-state index in [1.807, 2.05) is 0 Å². The van der Waals surface area contributed by atoms with Crippen molar-refractivity contribution in [3.05, 3.63) is 51.0 Å². The fourth-order valence-corrected chi connectivity index (χ4v) is 2.82. The molecule has 0 aliphatic heterocycles. The number of aromatic nitrogens is 4. The molecule has 1 aromatic carbocycles. The largest absolute Gasteiger partial charge is 0.325 e. The van der Waals surface area contributed by atoms with Gasteiger partial charge in [-0.1, -0.05) is 23.4 Å². The summed E-state index contributed by atoms with van der Waals surface area (Å²) >= 11 is 6.92. The summed E-state index contributed by atoms with van der Waals surface area (Å²) in [6, 6.07) is 6.80. The molecule has 0 bridgehead atoms. The first-order valence-electron chi connectivity index (χ1n) is 7.36. The van der Waals surface area contributed by atoms with Crippen molar-refractivity contribution >= 4 is 46.1 Å². The lowest BCUT2D eigenvalue weighted by molar-refractivity contribution is -0.113. The Kier molecular flexibility index (Phi) is 5.00. The third-order valence-corrected chi connectivity index (χ3v) is 4.52. The average molecular weight is 376 g/mol. The molecule has 2 heterocycles. The molecule has 0 saturated heterocycles. The van der Waals surface area contributed by atoms with Crippen LogP contribution in [0.4, 0.5) is 5.69 Å². The van der Waals surface area contributed by atoms with Crippen LogP contribution in [0.2, 0.25) is 5.02 Å². The number of carbonyl (C=O) groups excluding carboxylic acids is 1. The van der Waals surface area contributed by atoms with Crippen LogP contribution in [0.15, 0.2) is 34.2 Å². The van der Waals surface area contributed by atoms with E-state index in [0.29, 0.717) is 27.3 Å². The van der Waals surface area contributed by atoms with Crippen molar-refractivity contribution in [2.24, 2.45) is 0 Å². The molecule has 2 aromatic heterocycles. The maximum Gasteiger partial charge on any atom is 0.279 e. The zero-order valence-corrected chi connectivity index (χ0v) is 15.0. The molecular weight excluding hydrogens is 362 g/mol. The minimum Gasteiger partial charge on any atom is -0.325 e. The van der Waals surface area contributed by atoms with Gasteiger partial charge < -0.3 is 5.32 Å².